The molecule has 0 heterocycles. The van der Waals surface area contributed by atoms with Crippen LogP contribution in [0.3, 0.4) is 0 Å². The Morgan fingerprint density at radius 2 is 0.754 bits per heavy atom. The summed E-state index contributed by atoms with van der Waals surface area (Å²) < 4.78 is 16.6. The standard InChI is InChI=1S/C51H90O6/c1-4-7-10-13-16-19-21-22-23-24-25-26-27-28-30-32-35-38-41-44-50(53)56-47-48(46-55-49(52)43-40-37-34-31-18-15-12-9-6-3)57-51(54)45-42-39-36-33-29-20-17-14-11-8-5-2/h9,12,18,24-25,31,37,40,48H,4-8,10-11,13-17,19-23,26-30,32-36,38-39,41-47H2,1-3H3/b12-9-,25-24-,31-18-,40-37-. The van der Waals surface area contributed by atoms with E-state index in [4.69, 9.17) is 14.2 Å². The number of ether oxygens (including phenoxy) is 3. The lowest BCUT2D eigenvalue weighted by molar-refractivity contribution is -0.166. The summed E-state index contributed by atoms with van der Waals surface area (Å²) in [6, 6.07) is 0. The van der Waals surface area contributed by atoms with Crippen LogP contribution in [0.25, 0.3) is 0 Å². The van der Waals surface area contributed by atoms with E-state index in [1.165, 1.54) is 141 Å². The average molecular weight is 799 g/mol. The molecule has 0 aliphatic heterocycles. The molecule has 0 aromatic rings. The van der Waals surface area contributed by atoms with Crippen LogP contribution in [0.15, 0.2) is 48.6 Å². The second-order valence-electron chi connectivity index (χ2n) is 16.0. The number of allylic oxidation sites excluding steroid dienone is 7. The van der Waals surface area contributed by atoms with Gasteiger partial charge in [-0.3, -0.25) is 14.4 Å². The molecule has 1 atom stereocenters. The quantitative estimate of drug-likeness (QED) is 0.0265. The van der Waals surface area contributed by atoms with Crippen molar-refractivity contribution in [3.05, 3.63) is 48.6 Å². The molecule has 0 amide bonds. The molecule has 6 heteroatoms. The number of carbonyl (C=O) groups is 3. The molecule has 1 unspecified atom stereocenters. The predicted molar refractivity (Wildman–Crippen MR) is 242 cm³/mol. The summed E-state index contributed by atoms with van der Waals surface area (Å²) in [5.74, 6) is -1.03. The van der Waals surface area contributed by atoms with Gasteiger partial charge in [-0.15, -0.1) is 0 Å². The van der Waals surface area contributed by atoms with Crippen molar-refractivity contribution in [3.63, 3.8) is 0 Å². The van der Waals surface area contributed by atoms with E-state index in [0.717, 1.165) is 57.8 Å². The van der Waals surface area contributed by atoms with Crippen LogP contribution in [0.2, 0.25) is 0 Å². The maximum Gasteiger partial charge on any atom is 0.309 e. The second-order valence-corrected chi connectivity index (χ2v) is 16.0. The summed E-state index contributed by atoms with van der Waals surface area (Å²) in [6.07, 6.45) is 54.2. The average Bonchev–Trinajstić information content (AvgIpc) is 3.21. The van der Waals surface area contributed by atoms with Gasteiger partial charge in [0.1, 0.15) is 13.2 Å². The fraction of sp³-hybridized carbons (Fsp3) is 0.784. The Labute approximate surface area is 352 Å². The largest absolute Gasteiger partial charge is 0.462 e. The van der Waals surface area contributed by atoms with Crippen molar-refractivity contribution in [1.29, 1.82) is 0 Å². The third-order valence-electron chi connectivity index (χ3n) is 10.4. The van der Waals surface area contributed by atoms with Gasteiger partial charge in [0.05, 0.1) is 6.42 Å². The molecule has 0 fully saturated rings. The van der Waals surface area contributed by atoms with Gasteiger partial charge in [0.25, 0.3) is 0 Å². The predicted octanol–water partition coefficient (Wildman–Crippen LogP) is 15.5. The zero-order chi connectivity index (χ0) is 41.5. The molecular weight excluding hydrogens is 709 g/mol. The Kier molecular flexibility index (Phi) is 43.9. The van der Waals surface area contributed by atoms with Crippen LogP contribution in [0.1, 0.15) is 239 Å². The number of unbranched alkanes of at least 4 members (excludes halogenated alkanes) is 25. The van der Waals surface area contributed by atoms with E-state index in [0.29, 0.717) is 12.8 Å². The van der Waals surface area contributed by atoms with E-state index >= 15 is 0 Å². The molecule has 57 heavy (non-hydrogen) atoms. The van der Waals surface area contributed by atoms with Gasteiger partial charge in [0.15, 0.2) is 6.10 Å². The van der Waals surface area contributed by atoms with Crippen molar-refractivity contribution in [2.24, 2.45) is 0 Å². The maximum absolute atomic E-state index is 12.7. The van der Waals surface area contributed by atoms with Crippen LogP contribution in [0.4, 0.5) is 0 Å². The summed E-state index contributed by atoms with van der Waals surface area (Å²) >= 11 is 0. The van der Waals surface area contributed by atoms with E-state index in [-0.39, 0.29) is 31.6 Å². The Morgan fingerprint density at radius 3 is 1.21 bits per heavy atom. The third kappa shape index (κ3) is 44.3. The van der Waals surface area contributed by atoms with E-state index < -0.39 is 12.1 Å². The van der Waals surface area contributed by atoms with Crippen molar-refractivity contribution >= 4 is 17.9 Å². The van der Waals surface area contributed by atoms with E-state index in [1.54, 1.807) is 6.08 Å². The van der Waals surface area contributed by atoms with Crippen molar-refractivity contribution in [2.45, 2.75) is 245 Å². The van der Waals surface area contributed by atoms with Crippen LogP contribution in [-0.2, 0) is 28.6 Å². The van der Waals surface area contributed by atoms with Crippen molar-refractivity contribution in [2.75, 3.05) is 13.2 Å². The molecule has 0 aromatic heterocycles. The molecule has 0 radical (unpaired) electrons. The normalized spacial score (nSPS) is 12.4. The van der Waals surface area contributed by atoms with E-state index in [2.05, 4.69) is 57.2 Å². The molecule has 0 aliphatic rings. The Hall–Kier alpha value is -2.63. The molecule has 0 N–H and O–H groups in total. The third-order valence-corrected chi connectivity index (χ3v) is 10.4. The Balaban J connectivity index is 4.31. The zero-order valence-corrected chi connectivity index (χ0v) is 37.6. The minimum atomic E-state index is -0.804. The first-order chi connectivity index (χ1) is 28.0. The topological polar surface area (TPSA) is 78.9 Å². The molecule has 330 valence electrons. The highest BCUT2D eigenvalue weighted by Gasteiger charge is 2.19. The SMILES string of the molecule is CC/C=C\C/C=C\C/C=C\CC(=O)OCC(COC(=O)CCCCCCCCC/C=C\CCCCCCCCCC)OC(=O)CCCCCCCCCCCCC. The minimum absolute atomic E-state index is 0.100. The van der Waals surface area contributed by atoms with Gasteiger partial charge in [-0.2, -0.15) is 0 Å². The summed E-state index contributed by atoms with van der Waals surface area (Å²) in [5, 5.41) is 0. The lowest BCUT2D eigenvalue weighted by Gasteiger charge is -2.18. The van der Waals surface area contributed by atoms with Crippen molar-refractivity contribution < 1.29 is 28.6 Å². The molecular formula is C51H90O6. The fourth-order valence-corrected chi connectivity index (χ4v) is 6.73. The number of rotatable bonds is 43. The van der Waals surface area contributed by atoms with Crippen LogP contribution in [0.5, 0.6) is 0 Å². The summed E-state index contributed by atoms with van der Waals surface area (Å²) in [7, 11) is 0. The first kappa shape index (κ1) is 54.4. The lowest BCUT2D eigenvalue weighted by atomic mass is 10.1. The number of hydrogen-bond donors (Lipinski definition) is 0. The molecule has 0 rings (SSSR count). The van der Waals surface area contributed by atoms with E-state index in [1.807, 2.05) is 6.08 Å². The summed E-state index contributed by atoms with van der Waals surface area (Å²) in [5.41, 5.74) is 0. The first-order valence-corrected chi connectivity index (χ1v) is 24.1. The molecule has 0 saturated carbocycles. The van der Waals surface area contributed by atoms with Gasteiger partial charge in [0.2, 0.25) is 0 Å². The highest BCUT2D eigenvalue weighted by Crippen LogP contribution is 2.15. The van der Waals surface area contributed by atoms with Gasteiger partial charge in [0, 0.05) is 12.8 Å². The Morgan fingerprint density at radius 1 is 0.386 bits per heavy atom. The Bertz CT molecular complexity index is 1010. The molecule has 6 nitrogen and oxygen atoms in total. The van der Waals surface area contributed by atoms with Gasteiger partial charge in [-0.25, -0.2) is 0 Å². The summed E-state index contributed by atoms with van der Waals surface area (Å²) in [4.78, 5) is 37.6. The zero-order valence-electron chi connectivity index (χ0n) is 37.6. The molecule has 0 saturated heterocycles. The first-order valence-electron chi connectivity index (χ1n) is 24.1. The minimum Gasteiger partial charge on any atom is -0.462 e. The van der Waals surface area contributed by atoms with Crippen molar-refractivity contribution in [3.8, 4) is 0 Å². The molecule has 0 aliphatic carbocycles. The summed E-state index contributed by atoms with van der Waals surface area (Å²) in [6.45, 7) is 6.41. The lowest BCUT2D eigenvalue weighted by Crippen LogP contribution is -2.30. The maximum atomic E-state index is 12.7. The second kappa shape index (κ2) is 46.1. The molecule has 0 aromatic carbocycles. The van der Waals surface area contributed by atoms with E-state index in [9.17, 15) is 14.4 Å². The smallest absolute Gasteiger partial charge is 0.309 e. The van der Waals surface area contributed by atoms with Gasteiger partial charge < -0.3 is 14.2 Å². The van der Waals surface area contributed by atoms with Crippen LogP contribution in [0, 0.1) is 0 Å². The highest BCUT2D eigenvalue weighted by atomic mass is 16.6. The van der Waals surface area contributed by atoms with Crippen LogP contribution < -0.4 is 0 Å². The van der Waals surface area contributed by atoms with Crippen LogP contribution in [-0.4, -0.2) is 37.2 Å². The monoisotopic (exact) mass is 799 g/mol. The highest BCUT2D eigenvalue weighted by molar-refractivity contribution is 5.72. The number of hydrogen-bond acceptors (Lipinski definition) is 6. The fourth-order valence-electron chi connectivity index (χ4n) is 6.73. The molecule has 0 bridgehead atoms. The van der Waals surface area contributed by atoms with Gasteiger partial charge >= 0.3 is 17.9 Å². The van der Waals surface area contributed by atoms with Crippen molar-refractivity contribution in [1.82, 2.24) is 0 Å². The molecule has 0 spiro atoms. The van der Waals surface area contributed by atoms with Crippen LogP contribution >= 0.6 is 0 Å². The van der Waals surface area contributed by atoms with Gasteiger partial charge in [-0.1, -0.05) is 211 Å². The number of esters is 3. The van der Waals surface area contributed by atoms with Gasteiger partial charge in [-0.05, 0) is 57.8 Å². The number of carbonyl (C=O) groups excluding carboxylic acids is 3.